The Labute approximate surface area is 132 Å². The lowest BCUT2D eigenvalue weighted by molar-refractivity contribution is -0.137. The van der Waals surface area contributed by atoms with Crippen LogP contribution in [0.25, 0.3) is 0 Å². The summed E-state index contributed by atoms with van der Waals surface area (Å²) in [6.45, 7) is 2.54. The van der Waals surface area contributed by atoms with E-state index in [0.29, 0.717) is 12.7 Å². The summed E-state index contributed by atoms with van der Waals surface area (Å²) in [5.41, 5.74) is 2.34. The summed E-state index contributed by atoms with van der Waals surface area (Å²) in [6.07, 6.45) is -4.30. The number of para-hydroxylation sites is 2. The van der Waals surface area contributed by atoms with Crippen LogP contribution in [0.15, 0.2) is 48.5 Å². The van der Waals surface area contributed by atoms with Crippen LogP contribution in [0.3, 0.4) is 0 Å². The fourth-order valence-electron chi connectivity index (χ4n) is 3.10. The zero-order valence-electron chi connectivity index (χ0n) is 12.3. The summed E-state index contributed by atoms with van der Waals surface area (Å²) < 4.78 is 38.2. The second-order valence-electron chi connectivity index (χ2n) is 5.88. The molecule has 1 fully saturated rings. The van der Waals surface area contributed by atoms with Gasteiger partial charge in [-0.15, -0.1) is 0 Å². The predicted molar refractivity (Wildman–Crippen MR) is 84.0 cm³/mol. The molecule has 6 heteroatoms. The van der Waals surface area contributed by atoms with Gasteiger partial charge in [-0.3, -0.25) is 0 Å². The molecule has 1 N–H and O–H groups in total. The summed E-state index contributed by atoms with van der Waals surface area (Å²) in [5.74, 6) is 0. The first-order valence-electron chi connectivity index (χ1n) is 7.55. The minimum atomic E-state index is -4.30. The minimum absolute atomic E-state index is 0.440. The minimum Gasteiger partial charge on any atom is -0.346 e. The Bertz CT molecular complexity index is 708. The van der Waals surface area contributed by atoms with Crippen molar-refractivity contribution in [3.05, 3.63) is 54.1 Å². The molecule has 0 unspecified atom stereocenters. The lowest BCUT2D eigenvalue weighted by Gasteiger charge is -2.37. The van der Waals surface area contributed by atoms with Crippen LogP contribution in [0.2, 0.25) is 0 Å². The van der Waals surface area contributed by atoms with E-state index in [1.807, 2.05) is 18.2 Å². The first-order chi connectivity index (χ1) is 11.0. The van der Waals surface area contributed by atoms with Crippen LogP contribution >= 0.6 is 0 Å². The summed E-state index contributed by atoms with van der Waals surface area (Å²) in [4.78, 5) is 4.37. The quantitative estimate of drug-likeness (QED) is 0.912. The van der Waals surface area contributed by atoms with Crippen LogP contribution in [0, 0.1) is 0 Å². The normalized spacial score (nSPS) is 18.0. The van der Waals surface area contributed by atoms with Gasteiger partial charge in [0.15, 0.2) is 0 Å². The average Bonchev–Trinajstić information content (AvgIpc) is 2.85. The molecule has 0 spiro atoms. The van der Waals surface area contributed by atoms with Crippen molar-refractivity contribution in [2.45, 2.75) is 12.2 Å². The molecule has 2 heterocycles. The molecule has 0 radical (unpaired) electrons. The third kappa shape index (κ3) is 2.43. The van der Waals surface area contributed by atoms with E-state index < -0.39 is 11.7 Å². The van der Waals surface area contributed by atoms with Gasteiger partial charge >= 0.3 is 6.18 Å². The van der Waals surface area contributed by atoms with Crippen molar-refractivity contribution in [2.24, 2.45) is 0 Å². The monoisotopic (exact) mass is 319 g/mol. The van der Waals surface area contributed by atoms with Gasteiger partial charge in [-0.2, -0.15) is 13.2 Å². The number of benzene rings is 2. The molecule has 3 nitrogen and oxygen atoms in total. The van der Waals surface area contributed by atoms with Gasteiger partial charge in [0.05, 0.1) is 29.6 Å². The molecule has 120 valence electrons. The van der Waals surface area contributed by atoms with Crippen molar-refractivity contribution >= 4 is 17.1 Å². The van der Waals surface area contributed by atoms with Crippen LogP contribution in [0.4, 0.5) is 30.2 Å². The number of fused-ring (bicyclic) bond motifs is 1. The van der Waals surface area contributed by atoms with E-state index in [1.54, 1.807) is 12.1 Å². The number of anilines is 3. The summed E-state index contributed by atoms with van der Waals surface area (Å²) in [6, 6.07) is 13.8. The fraction of sp³-hybridized carbons (Fsp3) is 0.294. The number of nitrogens with zero attached hydrogens (tertiary/aromatic N) is 2. The smallest absolute Gasteiger partial charge is 0.346 e. The fourth-order valence-corrected chi connectivity index (χ4v) is 3.10. The average molecular weight is 319 g/mol. The maximum absolute atomic E-state index is 12.7. The lowest BCUT2D eigenvalue weighted by Crippen LogP contribution is -2.57. The van der Waals surface area contributed by atoms with Crippen molar-refractivity contribution in [1.29, 1.82) is 0 Å². The van der Waals surface area contributed by atoms with E-state index in [4.69, 9.17) is 0 Å². The third-order valence-electron chi connectivity index (χ3n) is 4.48. The molecule has 23 heavy (non-hydrogen) atoms. The van der Waals surface area contributed by atoms with Gasteiger partial charge < -0.3 is 15.1 Å². The van der Waals surface area contributed by atoms with Crippen LogP contribution in [0.5, 0.6) is 0 Å². The van der Waals surface area contributed by atoms with E-state index in [0.717, 1.165) is 42.3 Å². The zero-order chi connectivity index (χ0) is 16.0. The van der Waals surface area contributed by atoms with Crippen molar-refractivity contribution in [3.8, 4) is 0 Å². The molecule has 0 aliphatic carbocycles. The third-order valence-corrected chi connectivity index (χ3v) is 4.48. The zero-order valence-corrected chi connectivity index (χ0v) is 12.3. The molecule has 2 aliphatic heterocycles. The van der Waals surface area contributed by atoms with Gasteiger partial charge in [0.25, 0.3) is 0 Å². The molecular formula is C17H16F3N3. The summed E-state index contributed by atoms with van der Waals surface area (Å²) >= 11 is 0. The highest BCUT2D eigenvalue weighted by Gasteiger charge is 2.35. The highest BCUT2D eigenvalue weighted by atomic mass is 19.4. The molecule has 2 aliphatic rings. The van der Waals surface area contributed by atoms with E-state index in [9.17, 15) is 13.2 Å². The Morgan fingerprint density at radius 2 is 1.57 bits per heavy atom. The van der Waals surface area contributed by atoms with Crippen LogP contribution in [-0.2, 0) is 6.18 Å². The Balaban J connectivity index is 1.67. The largest absolute Gasteiger partial charge is 0.416 e. The molecule has 1 saturated heterocycles. The molecule has 4 rings (SSSR count). The van der Waals surface area contributed by atoms with Gasteiger partial charge in [0, 0.05) is 18.8 Å². The Morgan fingerprint density at radius 1 is 0.913 bits per heavy atom. The first kappa shape index (κ1) is 14.4. The molecule has 0 amide bonds. The molecule has 0 atom stereocenters. The van der Waals surface area contributed by atoms with Gasteiger partial charge in [0.2, 0.25) is 0 Å². The van der Waals surface area contributed by atoms with E-state index in [2.05, 4.69) is 21.2 Å². The second-order valence-corrected chi connectivity index (χ2v) is 5.88. The maximum Gasteiger partial charge on any atom is 0.416 e. The summed E-state index contributed by atoms with van der Waals surface area (Å²) in [7, 11) is 0. The maximum atomic E-state index is 12.7. The van der Waals surface area contributed by atoms with Gasteiger partial charge in [-0.1, -0.05) is 12.1 Å². The predicted octanol–water partition coefficient (Wildman–Crippen LogP) is 3.59. The van der Waals surface area contributed by atoms with Gasteiger partial charge in [-0.05, 0) is 36.4 Å². The molecule has 2 aromatic rings. The van der Waals surface area contributed by atoms with Crippen molar-refractivity contribution in [2.75, 3.05) is 29.6 Å². The molecule has 0 aromatic heterocycles. The van der Waals surface area contributed by atoms with Crippen molar-refractivity contribution in [1.82, 2.24) is 5.32 Å². The van der Waals surface area contributed by atoms with Crippen LogP contribution < -0.4 is 15.1 Å². The van der Waals surface area contributed by atoms with Crippen molar-refractivity contribution < 1.29 is 13.2 Å². The number of halogens is 3. The number of hydrogen-bond acceptors (Lipinski definition) is 3. The Hall–Kier alpha value is -2.21. The highest BCUT2D eigenvalue weighted by molar-refractivity contribution is 5.82. The van der Waals surface area contributed by atoms with E-state index >= 15 is 0 Å². The Morgan fingerprint density at radius 3 is 2.13 bits per heavy atom. The van der Waals surface area contributed by atoms with E-state index in [-0.39, 0.29) is 0 Å². The Kier molecular flexibility index (Phi) is 3.23. The number of hydrogen-bond donors (Lipinski definition) is 1. The first-order valence-corrected chi connectivity index (χ1v) is 7.55. The lowest BCUT2D eigenvalue weighted by atomic mass is 10.1. The second kappa shape index (κ2) is 5.16. The number of rotatable bonds is 2. The van der Waals surface area contributed by atoms with Crippen molar-refractivity contribution in [3.63, 3.8) is 0 Å². The molecule has 0 bridgehead atoms. The summed E-state index contributed by atoms with van der Waals surface area (Å²) in [5, 5.41) is 3.26. The highest BCUT2D eigenvalue weighted by Crippen LogP contribution is 2.42. The standard InChI is InChI=1S/C17H16F3N3/c18-17(19,20)12-5-7-13(8-6-12)22-11-23(14-9-21-10-14)16-4-2-1-3-15(16)22/h1-8,14,21H,9-11H2. The topological polar surface area (TPSA) is 18.5 Å². The van der Waals surface area contributed by atoms with Gasteiger partial charge in [0.1, 0.15) is 0 Å². The number of nitrogens with one attached hydrogen (secondary N) is 1. The van der Waals surface area contributed by atoms with Gasteiger partial charge in [-0.25, -0.2) is 0 Å². The number of alkyl halides is 3. The van der Waals surface area contributed by atoms with Crippen LogP contribution in [-0.4, -0.2) is 25.8 Å². The SMILES string of the molecule is FC(F)(F)c1ccc(N2CN(C3CNC3)c3ccccc32)cc1. The molecular weight excluding hydrogens is 303 g/mol. The van der Waals surface area contributed by atoms with Crippen LogP contribution in [0.1, 0.15) is 5.56 Å². The molecule has 2 aromatic carbocycles. The molecule has 0 saturated carbocycles. The van der Waals surface area contributed by atoms with E-state index in [1.165, 1.54) is 0 Å².